The number of aliphatic imine (C=N–C) groups is 1. The Morgan fingerprint density at radius 3 is 2.78 bits per heavy atom. The summed E-state index contributed by atoms with van der Waals surface area (Å²) in [6.07, 6.45) is 0.125. The lowest BCUT2D eigenvalue weighted by atomic mass is 10.2. The van der Waals surface area contributed by atoms with Gasteiger partial charge in [0.05, 0.1) is 12.7 Å². The maximum absolute atomic E-state index is 12.1. The van der Waals surface area contributed by atoms with Crippen LogP contribution in [0.15, 0.2) is 35.3 Å². The highest BCUT2D eigenvalue weighted by Gasteiger charge is 2.21. The minimum atomic E-state index is -0.143. The topological polar surface area (TPSA) is 78.0 Å². The van der Waals surface area contributed by atoms with Crippen molar-refractivity contribution in [2.75, 3.05) is 51.2 Å². The second-order valence-corrected chi connectivity index (χ2v) is 7.14. The van der Waals surface area contributed by atoms with Gasteiger partial charge in [-0.2, -0.15) is 0 Å². The maximum Gasteiger partial charge on any atom is 0.246 e. The van der Waals surface area contributed by atoms with Crippen molar-refractivity contribution in [2.24, 2.45) is 10.9 Å². The summed E-state index contributed by atoms with van der Waals surface area (Å²) < 4.78 is 5.86. The van der Waals surface area contributed by atoms with Gasteiger partial charge in [0.2, 0.25) is 5.91 Å². The van der Waals surface area contributed by atoms with E-state index < -0.39 is 0 Å². The zero-order valence-electron chi connectivity index (χ0n) is 16.7. The predicted molar refractivity (Wildman–Crippen MR) is 110 cm³/mol. The minimum absolute atomic E-state index is 0.0647. The lowest BCUT2D eigenvalue weighted by Crippen LogP contribution is -2.50. The minimum Gasteiger partial charge on any atom is -0.374 e. The molecule has 0 saturated carbocycles. The van der Waals surface area contributed by atoms with Crippen molar-refractivity contribution in [1.82, 2.24) is 15.5 Å². The predicted octanol–water partition coefficient (Wildman–Crippen LogP) is 1.54. The number of hydrogen-bond donors (Lipinski definition) is 3. The molecule has 1 aromatic carbocycles. The molecule has 0 spiro atoms. The summed E-state index contributed by atoms with van der Waals surface area (Å²) >= 11 is 0. The van der Waals surface area contributed by atoms with Crippen molar-refractivity contribution in [2.45, 2.75) is 26.9 Å². The number of anilines is 1. The summed E-state index contributed by atoms with van der Waals surface area (Å²) in [6.45, 7) is 11.7. The lowest BCUT2D eigenvalue weighted by Gasteiger charge is -2.34. The molecule has 27 heavy (non-hydrogen) atoms. The fraction of sp³-hybridized carbons (Fsp3) is 0.600. The molecule has 3 N–H and O–H groups in total. The number of nitrogens with zero attached hydrogens (tertiary/aromatic N) is 2. The second kappa shape index (κ2) is 11.6. The van der Waals surface area contributed by atoms with E-state index in [-0.39, 0.29) is 18.6 Å². The van der Waals surface area contributed by atoms with Gasteiger partial charge in [-0.05, 0) is 25.0 Å². The number of nitrogens with one attached hydrogen (secondary N) is 3. The number of carbonyl (C=O) groups is 1. The van der Waals surface area contributed by atoms with Crippen LogP contribution in [-0.4, -0.2) is 68.7 Å². The number of benzene rings is 1. The van der Waals surface area contributed by atoms with Crippen LogP contribution >= 0.6 is 0 Å². The van der Waals surface area contributed by atoms with Crippen LogP contribution in [0.4, 0.5) is 5.69 Å². The van der Waals surface area contributed by atoms with Crippen molar-refractivity contribution in [1.29, 1.82) is 0 Å². The number of morpholine rings is 1. The van der Waals surface area contributed by atoms with Crippen molar-refractivity contribution >= 4 is 17.6 Å². The van der Waals surface area contributed by atoms with Gasteiger partial charge in [0.15, 0.2) is 5.96 Å². The SMILES string of the molecule is CCNC(=NCC(=O)Nc1ccccc1)NCC1CN(CC(C)C)CCO1. The Bertz CT molecular complexity index is 591. The average molecular weight is 376 g/mol. The molecular formula is C20H33N5O2. The molecule has 2 rings (SSSR count). The van der Waals surface area contributed by atoms with E-state index >= 15 is 0 Å². The average Bonchev–Trinajstić information content (AvgIpc) is 2.64. The molecule has 0 bridgehead atoms. The van der Waals surface area contributed by atoms with E-state index in [0.717, 1.165) is 38.5 Å². The summed E-state index contributed by atoms with van der Waals surface area (Å²) in [5.74, 6) is 1.14. The standard InChI is InChI=1S/C20H33N5O2/c1-4-21-20(23-13-19(26)24-17-8-6-5-7-9-17)22-12-18-15-25(10-11-27-18)14-16(2)3/h5-9,16,18H,4,10-15H2,1-3H3,(H,24,26)(H2,21,22,23). The van der Waals surface area contributed by atoms with Gasteiger partial charge in [-0.25, -0.2) is 4.99 Å². The Balaban J connectivity index is 1.79. The van der Waals surface area contributed by atoms with Gasteiger partial charge in [0.25, 0.3) is 0 Å². The van der Waals surface area contributed by atoms with E-state index in [4.69, 9.17) is 4.74 Å². The lowest BCUT2D eigenvalue weighted by molar-refractivity contribution is -0.114. The molecule has 1 saturated heterocycles. The third-order valence-corrected chi connectivity index (χ3v) is 4.13. The van der Waals surface area contributed by atoms with E-state index in [2.05, 4.69) is 39.7 Å². The number of para-hydroxylation sites is 1. The first-order valence-electron chi connectivity index (χ1n) is 9.77. The molecular weight excluding hydrogens is 342 g/mol. The molecule has 1 heterocycles. The summed E-state index contributed by atoms with van der Waals surface area (Å²) in [5.41, 5.74) is 0.775. The third-order valence-electron chi connectivity index (χ3n) is 4.13. The molecule has 150 valence electrons. The fourth-order valence-electron chi connectivity index (χ4n) is 3.01. The molecule has 1 unspecified atom stereocenters. The van der Waals surface area contributed by atoms with Crippen molar-refractivity contribution in [3.05, 3.63) is 30.3 Å². The molecule has 1 aliphatic heterocycles. The van der Waals surface area contributed by atoms with Crippen LogP contribution in [0.5, 0.6) is 0 Å². The highest BCUT2D eigenvalue weighted by molar-refractivity contribution is 5.94. The van der Waals surface area contributed by atoms with E-state index in [9.17, 15) is 4.79 Å². The van der Waals surface area contributed by atoms with Crippen molar-refractivity contribution in [3.8, 4) is 0 Å². The first-order chi connectivity index (χ1) is 13.1. The van der Waals surface area contributed by atoms with Gasteiger partial charge in [-0.1, -0.05) is 32.0 Å². The Morgan fingerprint density at radius 1 is 1.30 bits per heavy atom. The monoisotopic (exact) mass is 375 g/mol. The van der Waals surface area contributed by atoms with Crippen LogP contribution in [0.1, 0.15) is 20.8 Å². The first-order valence-corrected chi connectivity index (χ1v) is 9.77. The number of amides is 1. The van der Waals surface area contributed by atoms with E-state index in [1.165, 1.54) is 0 Å². The van der Waals surface area contributed by atoms with Crippen molar-refractivity contribution in [3.63, 3.8) is 0 Å². The Morgan fingerprint density at radius 2 is 2.07 bits per heavy atom. The largest absolute Gasteiger partial charge is 0.374 e. The Hall–Kier alpha value is -2.12. The summed E-state index contributed by atoms with van der Waals surface area (Å²) in [6, 6.07) is 9.40. The summed E-state index contributed by atoms with van der Waals surface area (Å²) in [5, 5.41) is 9.30. The number of hydrogen-bond acceptors (Lipinski definition) is 4. The summed E-state index contributed by atoms with van der Waals surface area (Å²) in [7, 11) is 0. The number of ether oxygens (including phenoxy) is 1. The van der Waals surface area contributed by atoms with Crippen LogP contribution in [0.25, 0.3) is 0 Å². The molecule has 7 heteroatoms. The molecule has 7 nitrogen and oxygen atoms in total. The van der Waals surface area contributed by atoms with Crippen molar-refractivity contribution < 1.29 is 9.53 Å². The van der Waals surface area contributed by atoms with Gasteiger partial charge in [-0.15, -0.1) is 0 Å². The Kier molecular flexibility index (Phi) is 9.07. The van der Waals surface area contributed by atoms with Crippen LogP contribution in [0.3, 0.4) is 0 Å². The van der Waals surface area contributed by atoms with Gasteiger partial charge in [0, 0.05) is 38.4 Å². The van der Waals surface area contributed by atoms with Gasteiger partial charge < -0.3 is 20.7 Å². The van der Waals surface area contributed by atoms with Gasteiger partial charge >= 0.3 is 0 Å². The maximum atomic E-state index is 12.1. The van der Waals surface area contributed by atoms with Crippen LogP contribution in [0, 0.1) is 5.92 Å². The van der Waals surface area contributed by atoms with Gasteiger partial charge in [0.1, 0.15) is 6.54 Å². The highest BCUT2D eigenvalue weighted by Crippen LogP contribution is 2.07. The quantitative estimate of drug-likeness (QED) is 0.475. The van der Waals surface area contributed by atoms with Crippen LogP contribution < -0.4 is 16.0 Å². The zero-order chi connectivity index (χ0) is 19.5. The molecule has 1 aliphatic rings. The molecule has 0 aromatic heterocycles. The van der Waals surface area contributed by atoms with E-state index in [1.807, 2.05) is 37.3 Å². The number of carbonyl (C=O) groups excluding carboxylic acids is 1. The molecule has 1 amide bonds. The molecule has 1 fully saturated rings. The molecule has 0 radical (unpaired) electrons. The molecule has 1 atom stereocenters. The zero-order valence-corrected chi connectivity index (χ0v) is 16.7. The van der Waals surface area contributed by atoms with Gasteiger partial charge in [-0.3, -0.25) is 9.69 Å². The second-order valence-electron chi connectivity index (χ2n) is 7.14. The van der Waals surface area contributed by atoms with Crippen LogP contribution in [0.2, 0.25) is 0 Å². The third kappa shape index (κ3) is 8.41. The Labute approximate surface area is 162 Å². The smallest absolute Gasteiger partial charge is 0.246 e. The summed E-state index contributed by atoms with van der Waals surface area (Å²) in [4.78, 5) is 18.9. The highest BCUT2D eigenvalue weighted by atomic mass is 16.5. The van der Waals surface area contributed by atoms with E-state index in [1.54, 1.807) is 0 Å². The van der Waals surface area contributed by atoms with E-state index in [0.29, 0.717) is 18.4 Å². The fourth-order valence-corrected chi connectivity index (χ4v) is 3.01. The first kappa shape index (κ1) is 21.2. The molecule has 1 aromatic rings. The number of guanidine groups is 1. The molecule has 0 aliphatic carbocycles. The normalized spacial score (nSPS) is 18.4. The number of rotatable bonds is 8. The van der Waals surface area contributed by atoms with Crippen LogP contribution in [-0.2, 0) is 9.53 Å².